The van der Waals surface area contributed by atoms with Crippen LogP contribution in [0.3, 0.4) is 0 Å². The molecule has 0 aliphatic rings. The average molecular weight is 244 g/mol. The fraction of sp³-hybridized carbons (Fsp3) is 0.333. The van der Waals surface area contributed by atoms with Crippen LogP contribution in [-0.4, -0.2) is 32.4 Å². The zero-order chi connectivity index (χ0) is 12.2. The molecule has 0 aliphatic carbocycles. The quantitative estimate of drug-likeness (QED) is 0.859. The Morgan fingerprint density at radius 2 is 2.25 bits per heavy atom. The first-order valence-electron chi connectivity index (χ1n) is 4.54. The molecule has 1 aromatic heterocycles. The Bertz CT molecular complexity index is 484. The molecule has 0 bridgehead atoms. The molecule has 0 aliphatic heterocycles. The van der Waals surface area contributed by atoms with Gasteiger partial charge < -0.3 is 4.74 Å². The Balaban J connectivity index is 3.01. The number of pyridine rings is 1. The summed E-state index contributed by atoms with van der Waals surface area (Å²) in [4.78, 5) is 14.8. The highest BCUT2D eigenvalue weighted by atomic mass is 32.2. The lowest BCUT2D eigenvalue weighted by atomic mass is 10.4. The van der Waals surface area contributed by atoms with Crippen molar-refractivity contribution < 1.29 is 17.9 Å². The van der Waals surface area contributed by atoms with E-state index in [1.165, 1.54) is 18.3 Å². The lowest BCUT2D eigenvalue weighted by Crippen LogP contribution is -2.16. The van der Waals surface area contributed by atoms with Gasteiger partial charge >= 0.3 is 6.09 Å². The smallest absolute Gasteiger partial charge is 0.411 e. The second-order valence-corrected chi connectivity index (χ2v) is 4.90. The summed E-state index contributed by atoms with van der Waals surface area (Å²) in [6.45, 7) is 1.86. The first-order valence-corrected chi connectivity index (χ1v) is 6.43. The van der Waals surface area contributed by atoms with Crippen molar-refractivity contribution in [1.29, 1.82) is 0 Å². The molecule has 1 amide bonds. The molecule has 16 heavy (non-hydrogen) atoms. The molecule has 0 aromatic carbocycles. The SMILES string of the molecule is CCOC(=O)Nc1cccnc1S(C)(=O)=O. The summed E-state index contributed by atoms with van der Waals surface area (Å²) >= 11 is 0. The molecule has 0 fully saturated rings. The summed E-state index contributed by atoms with van der Waals surface area (Å²) in [6.07, 6.45) is 1.65. The van der Waals surface area contributed by atoms with Crippen molar-refractivity contribution in [2.75, 3.05) is 18.2 Å². The van der Waals surface area contributed by atoms with Crippen molar-refractivity contribution in [1.82, 2.24) is 4.98 Å². The van der Waals surface area contributed by atoms with Crippen LogP contribution in [0.1, 0.15) is 6.92 Å². The lowest BCUT2D eigenvalue weighted by Gasteiger charge is -2.07. The Hall–Kier alpha value is -1.63. The van der Waals surface area contributed by atoms with E-state index in [2.05, 4.69) is 15.0 Å². The maximum Gasteiger partial charge on any atom is 0.411 e. The van der Waals surface area contributed by atoms with E-state index in [1.54, 1.807) is 6.92 Å². The van der Waals surface area contributed by atoms with Gasteiger partial charge in [0.1, 0.15) is 0 Å². The highest BCUT2D eigenvalue weighted by Crippen LogP contribution is 2.17. The van der Waals surface area contributed by atoms with Crippen LogP contribution in [0.25, 0.3) is 0 Å². The van der Waals surface area contributed by atoms with Crippen molar-refractivity contribution in [3.63, 3.8) is 0 Å². The standard InChI is InChI=1S/C9H12N2O4S/c1-3-15-9(12)11-7-5-4-6-10-8(7)16(2,13)14/h4-6H,3H2,1-2H3,(H,11,12). The molecule has 7 heteroatoms. The second kappa shape index (κ2) is 4.93. The van der Waals surface area contributed by atoms with Crippen LogP contribution in [0, 0.1) is 0 Å². The Morgan fingerprint density at radius 1 is 1.56 bits per heavy atom. The molecule has 88 valence electrons. The van der Waals surface area contributed by atoms with E-state index in [9.17, 15) is 13.2 Å². The summed E-state index contributed by atoms with van der Waals surface area (Å²) in [6, 6.07) is 2.97. The number of sulfone groups is 1. The van der Waals surface area contributed by atoms with Crippen LogP contribution in [-0.2, 0) is 14.6 Å². The number of aromatic nitrogens is 1. The van der Waals surface area contributed by atoms with Gasteiger partial charge in [0.2, 0.25) is 0 Å². The fourth-order valence-corrected chi connectivity index (χ4v) is 1.83. The third kappa shape index (κ3) is 3.20. The number of ether oxygens (including phenoxy) is 1. The summed E-state index contributed by atoms with van der Waals surface area (Å²) < 4.78 is 27.3. The Kier molecular flexibility index (Phi) is 3.83. The molecular weight excluding hydrogens is 232 g/mol. The minimum absolute atomic E-state index is 0.114. The molecular formula is C9H12N2O4S. The molecule has 0 atom stereocenters. The number of carbonyl (C=O) groups excluding carboxylic acids is 1. The van der Waals surface area contributed by atoms with Crippen LogP contribution in [0.15, 0.2) is 23.4 Å². The third-order valence-corrected chi connectivity index (χ3v) is 2.66. The fourth-order valence-electron chi connectivity index (χ4n) is 1.06. The number of carbonyl (C=O) groups is 1. The highest BCUT2D eigenvalue weighted by molar-refractivity contribution is 7.90. The number of anilines is 1. The van der Waals surface area contributed by atoms with Crippen LogP contribution >= 0.6 is 0 Å². The minimum atomic E-state index is -3.48. The number of hydrogen-bond acceptors (Lipinski definition) is 5. The van der Waals surface area contributed by atoms with E-state index in [4.69, 9.17) is 0 Å². The van der Waals surface area contributed by atoms with Crippen molar-refractivity contribution in [2.24, 2.45) is 0 Å². The van der Waals surface area contributed by atoms with Gasteiger partial charge in [-0.3, -0.25) is 5.32 Å². The summed E-state index contributed by atoms with van der Waals surface area (Å²) in [7, 11) is -3.48. The van der Waals surface area contributed by atoms with Crippen LogP contribution in [0.5, 0.6) is 0 Å². The van der Waals surface area contributed by atoms with Crippen molar-refractivity contribution >= 4 is 21.6 Å². The van der Waals surface area contributed by atoms with Gasteiger partial charge in [-0.25, -0.2) is 18.2 Å². The van der Waals surface area contributed by atoms with Crippen molar-refractivity contribution in [3.8, 4) is 0 Å². The summed E-state index contributed by atoms with van der Waals surface area (Å²) in [5.74, 6) is 0. The first kappa shape index (κ1) is 12.4. The van der Waals surface area contributed by atoms with Gasteiger partial charge in [0.25, 0.3) is 0 Å². The molecule has 1 aromatic rings. The van der Waals surface area contributed by atoms with Gasteiger partial charge in [0.15, 0.2) is 14.9 Å². The van der Waals surface area contributed by atoms with Crippen molar-refractivity contribution in [3.05, 3.63) is 18.3 Å². The monoisotopic (exact) mass is 244 g/mol. The number of hydrogen-bond donors (Lipinski definition) is 1. The van der Waals surface area contributed by atoms with Gasteiger partial charge in [-0.2, -0.15) is 0 Å². The van der Waals surface area contributed by atoms with Gasteiger partial charge in [-0.1, -0.05) is 0 Å². The average Bonchev–Trinajstić information content (AvgIpc) is 2.17. The zero-order valence-electron chi connectivity index (χ0n) is 8.93. The number of nitrogens with one attached hydrogen (secondary N) is 1. The molecule has 6 nitrogen and oxygen atoms in total. The van der Waals surface area contributed by atoms with Gasteiger partial charge in [-0.05, 0) is 19.1 Å². The predicted octanol–water partition coefficient (Wildman–Crippen LogP) is 1.05. The van der Waals surface area contributed by atoms with E-state index in [0.717, 1.165) is 6.26 Å². The van der Waals surface area contributed by atoms with E-state index in [0.29, 0.717) is 0 Å². The van der Waals surface area contributed by atoms with Gasteiger partial charge in [0.05, 0.1) is 12.3 Å². The Morgan fingerprint density at radius 3 is 2.81 bits per heavy atom. The summed E-state index contributed by atoms with van der Waals surface area (Å²) in [5, 5.41) is 2.14. The lowest BCUT2D eigenvalue weighted by molar-refractivity contribution is 0.168. The second-order valence-electron chi connectivity index (χ2n) is 2.97. The van der Waals surface area contributed by atoms with E-state index >= 15 is 0 Å². The van der Waals surface area contributed by atoms with Gasteiger partial charge in [-0.15, -0.1) is 0 Å². The van der Waals surface area contributed by atoms with E-state index in [-0.39, 0.29) is 17.3 Å². The molecule has 0 saturated carbocycles. The molecule has 1 N–H and O–H groups in total. The third-order valence-electron chi connectivity index (χ3n) is 1.63. The topological polar surface area (TPSA) is 85.4 Å². The Labute approximate surface area is 93.6 Å². The number of rotatable bonds is 3. The van der Waals surface area contributed by atoms with Crippen molar-refractivity contribution in [2.45, 2.75) is 11.9 Å². The zero-order valence-corrected chi connectivity index (χ0v) is 9.74. The van der Waals surface area contributed by atoms with Crippen LogP contribution < -0.4 is 5.32 Å². The minimum Gasteiger partial charge on any atom is -0.450 e. The predicted molar refractivity (Wildman–Crippen MR) is 58.0 cm³/mol. The number of nitrogens with zero attached hydrogens (tertiary/aromatic N) is 1. The molecule has 1 rings (SSSR count). The molecule has 0 spiro atoms. The first-order chi connectivity index (χ1) is 7.45. The molecule has 1 heterocycles. The normalized spacial score (nSPS) is 10.9. The maximum absolute atomic E-state index is 11.3. The number of amides is 1. The van der Waals surface area contributed by atoms with Gasteiger partial charge in [0, 0.05) is 12.5 Å². The largest absolute Gasteiger partial charge is 0.450 e. The van der Waals surface area contributed by atoms with Crippen LogP contribution in [0.2, 0.25) is 0 Å². The molecule has 0 radical (unpaired) electrons. The maximum atomic E-state index is 11.3. The molecule has 0 saturated heterocycles. The van der Waals surface area contributed by atoms with Crippen LogP contribution in [0.4, 0.5) is 10.5 Å². The summed E-state index contributed by atoms with van der Waals surface area (Å²) in [5.41, 5.74) is 0.114. The highest BCUT2D eigenvalue weighted by Gasteiger charge is 2.16. The van der Waals surface area contributed by atoms with E-state index < -0.39 is 15.9 Å². The molecule has 0 unspecified atom stereocenters. The van der Waals surface area contributed by atoms with E-state index in [1.807, 2.05) is 0 Å².